The molecule has 0 saturated heterocycles. The van der Waals surface area contributed by atoms with E-state index >= 15 is 0 Å². The molecule has 0 amide bonds. The van der Waals surface area contributed by atoms with Gasteiger partial charge in [-0.15, -0.1) is 6.58 Å². The minimum absolute atomic E-state index is 0.0978. The van der Waals surface area contributed by atoms with E-state index in [1.807, 2.05) is 36.4 Å². The summed E-state index contributed by atoms with van der Waals surface area (Å²) in [5, 5.41) is 12.4. The Morgan fingerprint density at radius 2 is 2.11 bits per heavy atom. The molecule has 0 aliphatic carbocycles. The van der Waals surface area contributed by atoms with E-state index in [0.29, 0.717) is 19.8 Å². The van der Waals surface area contributed by atoms with Crippen molar-refractivity contribution in [3.05, 3.63) is 48.6 Å². The highest BCUT2D eigenvalue weighted by Crippen LogP contribution is 2.12. The molecule has 0 spiro atoms. The van der Waals surface area contributed by atoms with E-state index < -0.39 is 0 Å². The summed E-state index contributed by atoms with van der Waals surface area (Å²) in [6.45, 7) is 6.44. The van der Waals surface area contributed by atoms with Gasteiger partial charge in [0.1, 0.15) is 0 Å². The zero-order valence-corrected chi connectivity index (χ0v) is 10.6. The fourth-order valence-electron chi connectivity index (χ4n) is 1.58. The summed E-state index contributed by atoms with van der Waals surface area (Å²) in [5.41, 5.74) is 1.06. The monoisotopic (exact) mass is 244 g/mol. The molecule has 0 fully saturated rings. The summed E-state index contributed by atoms with van der Waals surface area (Å²) in [4.78, 5) is 0. The van der Waals surface area contributed by atoms with Crippen LogP contribution < -0.4 is 5.32 Å². The molecule has 1 aromatic rings. The van der Waals surface area contributed by atoms with Crippen LogP contribution in [0, 0.1) is 11.3 Å². The molecule has 0 aromatic heterocycles. The molecule has 0 heterocycles. The van der Waals surface area contributed by atoms with Crippen LogP contribution in [0.5, 0.6) is 0 Å². The number of nitriles is 1. The van der Waals surface area contributed by atoms with Gasteiger partial charge in [0, 0.05) is 13.1 Å². The fourth-order valence-corrected chi connectivity index (χ4v) is 1.58. The van der Waals surface area contributed by atoms with Crippen molar-refractivity contribution < 1.29 is 4.74 Å². The number of nitrogens with one attached hydrogen (secondary N) is 1. The Bertz CT molecular complexity index is 370. The van der Waals surface area contributed by atoms with Crippen molar-refractivity contribution in [1.29, 1.82) is 5.26 Å². The Hall–Kier alpha value is -1.63. The number of rotatable bonds is 9. The van der Waals surface area contributed by atoms with E-state index in [4.69, 9.17) is 10.00 Å². The van der Waals surface area contributed by atoms with E-state index in [9.17, 15) is 0 Å². The van der Waals surface area contributed by atoms with Gasteiger partial charge in [0.05, 0.1) is 25.2 Å². The standard InChI is InChI=1S/C15H20N2O/c1-2-3-10-18-11-9-17-13-15(12-16)14-7-5-4-6-8-14/h2,4-8,15,17H,1,3,9-11,13H2. The highest BCUT2D eigenvalue weighted by atomic mass is 16.5. The lowest BCUT2D eigenvalue weighted by Gasteiger charge is -2.10. The average molecular weight is 244 g/mol. The predicted molar refractivity (Wildman–Crippen MR) is 73.3 cm³/mol. The summed E-state index contributed by atoms with van der Waals surface area (Å²) in [5.74, 6) is -0.0978. The molecule has 1 rings (SSSR count). The van der Waals surface area contributed by atoms with Crippen LogP contribution in [0.4, 0.5) is 0 Å². The summed E-state index contributed by atoms with van der Waals surface area (Å²) in [7, 11) is 0. The predicted octanol–water partition coefficient (Wildman–Crippen LogP) is 2.48. The molecule has 18 heavy (non-hydrogen) atoms. The molecule has 96 valence electrons. The first-order chi connectivity index (χ1) is 8.88. The topological polar surface area (TPSA) is 45.0 Å². The average Bonchev–Trinajstić information content (AvgIpc) is 2.43. The zero-order chi connectivity index (χ0) is 13.1. The summed E-state index contributed by atoms with van der Waals surface area (Å²) in [6.07, 6.45) is 2.72. The number of ether oxygens (including phenoxy) is 1. The molecule has 0 saturated carbocycles. The van der Waals surface area contributed by atoms with Crippen molar-refractivity contribution in [2.75, 3.05) is 26.3 Å². The minimum Gasteiger partial charge on any atom is -0.380 e. The van der Waals surface area contributed by atoms with Gasteiger partial charge in [-0.25, -0.2) is 0 Å². The molecule has 3 heteroatoms. The molecule has 0 bridgehead atoms. The second kappa shape index (κ2) is 9.41. The van der Waals surface area contributed by atoms with Crippen LogP contribution in [0.15, 0.2) is 43.0 Å². The summed E-state index contributed by atoms with van der Waals surface area (Å²) < 4.78 is 5.38. The molecule has 3 nitrogen and oxygen atoms in total. The molecular formula is C15H20N2O. The molecule has 1 unspecified atom stereocenters. The lowest BCUT2D eigenvalue weighted by molar-refractivity contribution is 0.140. The van der Waals surface area contributed by atoms with Crippen molar-refractivity contribution in [2.45, 2.75) is 12.3 Å². The van der Waals surface area contributed by atoms with Crippen LogP contribution in [0.2, 0.25) is 0 Å². The third kappa shape index (κ3) is 5.62. The molecule has 1 atom stereocenters. The van der Waals surface area contributed by atoms with E-state index in [2.05, 4.69) is 18.0 Å². The van der Waals surface area contributed by atoms with E-state index in [1.54, 1.807) is 0 Å². The Kier molecular flexibility index (Phi) is 7.54. The molecule has 0 aliphatic heterocycles. The van der Waals surface area contributed by atoms with Gasteiger partial charge < -0.3 is 10.1 Å². The first-order valence-corrected chi connectivity index (χ1v) is 6.22. The minimum atomic E-state index is -0.0978. The third-order valence-electron chi connectivity index (χ3n) is 2.60. The molecule has 0 aliphatic rings. The molecule has 1 N–H and O–H groups in total. The third-order valence-corrected chi connectivity index (χ3v) is 2.60. The zero-order valence-electron chi connectivity index (χ0n) is 10.6. The first-order valence-electron chi connectivity index (χ1n) is 6.22. The van der Waals surface area contributed by atoms with Gasteiger partial charge in [-0.3, -0.25) is 0 Å². The maximum Gasteiger partial charge on any atom is 0.0837 e. The second-order valence-corrected chi connectivity index (χ2v) is 3.99. The van der Waals surface area contributed by atoms with Gasteiger partial charge >= 0.3 is 0 Å². The maximum atomic E-state index is 9.12. The number of nitrogens with zero attached hydrogens (tertiary/aromatic N) is 1. The summed E-state index contributed by atoms with van der Waals surface area (Å²) in [6, 6.07) is 12.1. The number of benzene rings is 1. The Balaban J connectivity index is 2.17. The smallest absolute Gasteiger partial charge is 0.0837 e. The second-order valence-electron chi connectivity index (χ2n) is 3.99. The van der Waals surface area contributed by atoms with Gasteiger partial charge in [-0.1, -0.05) is 36.4 Å². The van der Waals surface area contributed by atoms with Crippen LogP contribution in [-0.2, 0) is 4.74 Å². The van der Waals surface area contributed by atoms with Crippen molar-refractivity contribution in [1.82, 2.24) is 5.32 Å². The highest BCUT2D eigenvalue weighted by molar-refractivity contribution is 5.24. The Morgan fingerprint density at radius 3 is 2.78 bits per heavy atom. The maximum absolute atomic E-state index is 9.12. The van der Waals surface area contributed by atoms with Crippen LogP contribution in [0.1, 0.15) is 17.9 Å². The van der Waals surface area contributed by atoms with E-state index in [0.717, 1.165) is 18.5 Å². The van der Waals surface area contributed by atoms with Gasteiger partial charge in [0.15, 0.2) is 0 Å². The van der Waals surface area contributed by atoms with Crippen LogP contribution in [0.3, 0.4) is 0 Å². The van der Waals surface area contributed by atoms with Crippen molar-refractivity contribution >= 4 is 0 Å². The largest absolute Gasteiger partial charge is 0.380 e. The van der Waals surface area contributed by atoms with Gasteiger partial charge in [-0.05, 0) is 12.0 Å². The van der Waals surface area contributed by atoms with Crippen LogP contribution >= 0.6 is 0 Å². The number of hydrogen-bond donors (Lipinski definition) is 1. The van der Waals surface area contributed by atoms with Gasteiger partial charge in [0.2, 0.25) is 0 Å². The first kappa shape index (κ1) is 14.4. The van der Waals surface area contributed by atoms with Crippen molar-refractivity contribution in [3.63, 3.8) is 0 Å². The van der Waals surface area contributed by atoms with Gasteiger partial charge in [0.25, 0.3) is 0 Å². The van der Waals surface area contributed by atoms with Crippen molar-refractivity contribution in [3.8, 4) is 6.07 Å². The normalized spacial score (nSPS) is 11.7. The highest BCUT2D eigenvalue weighted by Gasteiger charge is 2.08. The SMILES string of the molecule is C=CCCOCCNCC(C#N)c1ccccc1. The van der Waals surface area contributed by atoms with Crippen LogP contribution in [-0.4, -0.2) is 26.3 Å². The molecular weight excluding hydrogens is 224 g/mol. The van der Waals surface area contributed by atoms with Crippen LogP contribution in [0.25, 0.3) is 0 Å². The quantitative estimate of drug-likeness (QED) is 0.536. The van der Waals surface area contributed by atoms with E-state index in [-0.39, 0.29) is 5.92 Å². The number of hydrogen-bond acceptors (Lipinski definition) is 3. The lowest BCUT2D eigenvalue weighted by atomic mass is 10.0. The summed E-state index contributed by atoms with van der Waals surface area (Å²) >= 11 is 0. The Labute approximate surface area is 109 Å². The van der Waals surface area contributed by atoms with Crippen molar-refractivity contribution in [2.24, 2.45) is 0 Å². The van der Waals surface area contributed by atoms with E-state index in [1.165, 1.54) is 0 Å². The lowest BCUT2D eigenvalue weighted by Crippen LogP contribution is -2.25. The van der Waals surface area contributed by atoms with Gasteiger partial charge in [-0.2, -0.15) is 5.26 Å². The Morgan fingerprint density at radius 1 is 1.33 bits per heavy atom. The molecule has 1 aromatic carbocycles. The molecule has 0 radical (unpaired) electrons. The fraction of sp³-hybridized carbons (Fsp3) is 0.400.